The monoisotopic (exact) mass is 252 g/mol. The van der Waals surface area contributed by atoms with Crippen LogP contribution in [0.25, 0.3) is 5.57 Å². The molecule has 0 aliphatic heterocycles. The molecular formula is C14H14F2O2. The topological polar surface area (TPSA) is 37.3 Å². The molecule has 2 rings (SSSR count). The predicted molar refractivity (Wildman–Crippen MR) is 64.3 cm³/mol. The molecule has 0 amide bonds. The van der Waals surface area contributed by atoms with Crippen LogP contribution in [-0.2, 0) is 0 Å². The molecule has 1 atom stereocenters. The first-order valence-electron chi connectivity index (χ1n) is 5.91. The van der Waals surface area contributed by atoms with Gasteiger partial charge in [0.15, 0.2) is 11.6 Å². The lowest BCUT2D eigenvalue weighted by molar-refractivity contribution is 0.0690. The smallest absolute Gasteiger partial charge is 0.338 e. The van der Waals surface area contributed by atoms with Gasteiger partial charge in [0.25, 0.3) is 0 Å². The van der Waals surface area contributed by atoms with E-state index in [-0.39, 0.29) is 5.56 Å². The molecule has 0 radical (unpaired) electrons. The highest BCUT2D eigenvalue weighted by molar-refractivity contribution is 5.88. The van der Waals surface area contributed by atoms with E-state index in [1.165, 1.54) is 6.07 Å². The fourth-order valence-electron chi connectivity index (χ4n) is 2.17. The summed E-state index contributed by atoms with van der Waals surface area (Å²) in [6.07, 6.45) is 4.39. The van der Waals surface area contributed by atoms with Crippen molar-refractivity contribution < 1.29 is 18.7 Å². The van der Waals surface area contributed by atoms with Gasteiger partial charge in [-0.05, 0) is 36.8 Å². The van der Waals surface area contributed by atoms with Gasteiger partial charge in [0.05, 0.1) is 5.56 Å². The minimum atomic E-state index is -1.45. The summed E-state index contributed by atoms with van der Waals surface area (Å²) in [5.41, 5.74) is 0.326. The number of hydrogen-bond acceptors (Lipinski definition) is 1. The Morgan fingerprint density at radius 3 is 2.61 bits per heavy atom. The molecule has 0 saturated heterocycles. The maximum absolute atomic E-state index is 13.8. The van der Waals surface area contributed by atoms with Gasteiger partial charge in [-0.15, -0.1) is 0 Å². The van der Waals surface area contributed by atoms with Gasteiger partial charge in [0.1, 0.15) is 0 Å². The number of benzene rings is 1. The Hall–Kier alpha value is -1.71. The van der Waals surface area contributed by atoms with Crippen molar-refractivity contribution in [2.24, 2.45) is 5.92 Å². The Kier molecular flexibility index (Phi) is 3.45. The highest BCUT2D eigenvalue weighted by Crippen LogP contribution is 2.32. The molecule has 1 aliphatic carbocycles. The summed E-state index contributed by atoms with van der Waals surface area (Å²) in [7, 11) is 0. The molecule has 0 saturated carbocycles. The van der Waals surface area contributed by atoms with Crippen molar-refractivity contribution in [3.8, 4) is 0 Å². The molecule has 1 aromatic rings. The fraction of sp³-hybridized carbons (Fsp3) is 0.357. The zero-order valence-corrected chi connectivity index (χ0v) is 10.0. The van der Waals surface area contributed by atoms with Gasteiger partial charge in [-0.25, -0.2) is 13.6 Å². The molecule has 0 heterocycles. The molecule has 0 bridgehead atoms. The first kappa shape index (κ1) is 12.7. The van der Waals surface area contributed by atoms with Crippen LogP contribution >= 0.6 is 0 Å². The van der Waals surface area contributed by atoms with E-state index >= 15 is 0 Å². The molecule has 2 nitrogen and oxygen atoms in total. The Bertz CT molecular complexity index is 521. The summed E-state index contributed by atoms with van der Waals surface area (Å²) < 4.78 is 27.4. The van der Waals surface area contributed by atoms with Crippen LogP contribution in [0.4, 0.5) is 8.78 Å². The molecule has 1 aromatic carbocycles. The van der Waals surface area contributed by atoms with Crippen molar-refractivity contribution in [1.82, 2.24) is 0 Å². The summed E-state index contributed by atoms with van der Waals surface area (Å²) in [6, 6.07) is 2.47. The van der Waals surface area contributed by atoms with E-state index in [9.17, 15) is 13.6 Å². The SMILES string of the molecule is CC1CC=C(c2ccc(C(=O)O)c(F)c2F)CC1. The first-order chi connectivity index (χ1) is 8.50. The number of carboxylic acids is 1. The third-order valence-corrected chi connectivity index (χ3v) is 3.33. The molecular weight excluding hydrogens is 238 g/mol. The zero-order valence-electron chi connectivity index (χ0n) is 10.0. The van der Waals surface area contributed by atoms with Crippen LogP contribution in [0.5, 0.6) is 0 Å². The van der Waals surface area contributed by atoms with E-state index in [0.717, 1.165) is 24.5 Å². The van der Waals surface area contributed by atoms with Crippen molar-refractivity contribution in [1.29, 1.82) is 0 Å². The number of halogens is 2. The number of allylic oxidation sites excluding steroid dienone is 2. The van der Waals surface area contributed by atoms with Gasteiger partial charge in [0.2, 0.25) is 0 Å². The lowest BCUT2D eigenvalue weighted by Gasteiger charge is -2.19. The van der Waals surface area contributed by atoms with Crippen LogP contribution in [0.3, 0.4) is 0 Å². The second-order valence-electron chi connectivity index (χ2n) is 4.70. The summed E-state index contributed by atoms with van der Waals surface area (Å²) in [5.74, 6) is -3.24. The second-order valence-corrected chi connectivity index (χ2v) is 4.70. The normalized spacial score (nSPS) is 19.5. The Morgan fingerprint density at radius 2 is 2.06 bits per heavy atom. The van der Waals surface area contributed by atoms with E-state index in [2.05, 4.69) is 6.92 Å². The van der Waals surface area contributed by atoms with Crippen molar-refractivity contribution in [2.45, 2.75) is 26.2 Å². The summed E-state index contributed by atoms with van der Waals surface area (Å²) >= 11 is 0. The lowest BCUT2D eigenvalue weighted by atomic mass is 9.87. The van der Waals surface area contributed by atoms with E-state index in [0.29, 0.717) is 12.3 Å². The lowest BCUT2D eigenvalue weighted by Crippen LogP contribution is -2.07. The predicted octanol–water partition coefficient (Wildman–Crippen LogP) is 3.87. The zero-order chi connectivity index (χ0) is 13.3. The number of carboxylic acid groups (broad SMARTS) is 1. The summed E-state index contributed by atoms with van der Waals surface area (Å²) in [6.45, 7) is 2.11. The minimum Gasteiger partial charge on any atom is -0.478 e. The average molecular weight is 252 g/mol. The summed E-state index contributed by atoms with van der Waals surface area (Å²) in [4.78, 5) is 10.7. The quantitative estimate of drug-likeness (QED) is 0.867. The Labute approximate surface area is 104 Å². The van der Waals surface area contributed by atoms with Crippen molar-refractivity contribution in [2.75, 3.05) is 0 Å². The number of carbonyl (C=O) groups is 1. The van der Waals surface area contributed by atoms with E-state index < -0.39 is 23.2 Å². The van der Waals surface area contributed by atoms with Crippen molar-refractivity contribution >= 4 is 11.5 Å². The van der Waals surface area contributed by atoms with Crippen LogP contribution in [0.2, 0.25) is 0 Å². The molecule has 1 aliphatic rings. The Morgan fingerprint density at radius 1 is 1.33 bits per heavy atom. The van der Waals surface area contributed by atoms with Gasteiger partial charge in [-0.2, -0.15) is 0 Å². The maximum atomic E-state index is 13.8. The molecule has 1 N–H and O–H groups in total. The van der Waals surface area contributed by atoms with Crippen molar-refractivity contribution in [3.63, 3.8) is 0 Å². The third-order valence-electron chi connectivity index (χ3n) is 3.33. The van der Waals surface area contributed by atoms with Gasteiger partial charge in [0, 0.05) is 5.56 Å². The molecule has 0 fully saturated rings. The molecule has 0 aromatic heterocycles. The highest BCUT2D eigenvalue weighted by atomic mass is 19.2. The van der Waals surface area contributed by atoms with E-state index in [4.69, 9.17) is 5.11 Å². The van der Waals surface area contributed by atoms with E-state index in [1.54, 1.807) is 0 Å². The van der Waals surface area contributed by atoms with Crippen LogP contribution in [0.1, 0.15) is 42.1 Å². The fourth-order valence-corrected chi connectivity index (χ4v) is 2.17. The van der Waals surface area contributed by atoms with Gasteiger partial charge >= 0.3 is 5.97 Å². The molecule has 1 unspecified atom stereocenters. The summed E-state index contributed by atoms with van der Waals surface area (Å²) in [5, 5.41) is 8.70. The average Bonchev–Trinajstić information content (AvgIpc) is 2.33. The van der Waals surface area contributed by atoms with E-state index in [1.807, 2.05) is 6.08 Å². The van der Waals surface area contributed by atoms with Gasteiger partial charge in [-0.3, -0.25) is 0 Å². The number of aromatic carboxylic acids is 1. The first-order valence-corrected chi connectivity index (χ1v) is 5.91. The minimum absolute atomic E-state index is 0.185. The number of rotatable bonds is 2. The van der Waals surface area contributed by atoms with Crippen LogP contribution in [0, 0.1) is 17.6 Å². The van der Waals surface area contributed by atoms with Crippen LogP contribution in [0.15, 0.2) is 18.2 Å². The van der Waals surface area contributed by atoms with Gasteiger partial charge < -0.3 is 5.11 Å². The second kappa shape index (κ2) is 4.88. The largest absolute Gasteiger partial charge is 0.478 e. The van der Waals surface area contributed by atoms with Crippen LogP contribution < -0.4 is 0 Å². The third kappa shape index (κ3) is 2.28. The Balaban J connectivity index is 2.42. The standard InChI is InChI=1S/C14H14F2O2/c1-8-2-4-9(5-3-8)10-6-7-11(14(17)18)13(16)12(10)15/h4,6-8H,2-3,5H2,1H3,(H,17,18). The maximum Gasteiger partial charge on any atom is 0.338 e. The number of hydrogen-bond donors (Lipinski definition) is 1. The molecule has 96 valence electrons. The molecule has 18 heavy (non-hydrogen) atoms. The van der Waals surface area contributed by atoms with Gasteiger partial charge in [-0.1, -0.05) is 19.1 Å². The molecule has 4 heteroatoms. The van der Waals surface area contributed by atoms with Crippen molar-refractivity contribution in [3.05, 3.63) is 41.0 Å². The molecule has 0 spiro atoms. The highest BCUT2D eigenvalue weighted by Gasteiger charge is 2.21. The van der Waals surface area contributed by atoms with Crippen LogP contribution in [-0.4, -0.2) is 11.1 Å².